The molecule has 0 aromatic carbocycles. The van der Waals surface area contributed by atoms with Crippen LogP contribution in [0.5, 0.6) is 0 Å². The number of esters is 1. The zero-order valence-electron chi connectivity index (χ0n) is 47.0. The molecule has 0 aliphatic heterocycles. The summed E-state index contributed by atoms with van der Waals surface area (Å²) in [6, 6.07) is -0.549. The number of allylic oxidation sites excluding steroid dienone is 6. The van der Waals surface area contributed by atoms with E-state index in [2.05, 4.69) is 55.6 Å². The Balaban J connectivity index is 3.46. The molecule has 2 atom stereocenters. The minimum Gasteiger partial charge on any atom is -0.466 e. The van der Waals surface area contributed by atoms with Gasteiger partial charge in [-0.25, -0.2) is 0 Å². The first kappa shape index (κ1) is 68.1. The summed E-state index contributed by atoms with van der Waals surface area (Å²) in [5, 5.41) is 23.3. The molecule has 0 fully saturated rings. The van der Waals surface area contributed by atoms with Gasteiger partial charge in [-0.1, -0.05) is 275 Å². The van der Waals surface area contributed by atoms with Crippen molar-refractivity contribution >= 4 is 11.9 Å². The summed E-state index contributed by atoms with van der Waals surface area (Å²) in [6.45, 7) is 4.92. The Morgan fingerprint density at radius 3 is 1.10 bits per heavy atom. The third-order valence-electron chi connectivity index (χ3n) is 14.4. The van der Waals surface area contributed by atoms with Crippen LogP contribution in [-0.4, -0.2) is 47.4 Å². The van der Waals surface area contributed by atoms with Crippen LogP contribution in [0.15, 0.2) is 36.5 Å². The maximum atomic E-state index is 12.5. The third-order valence-corrected chi connectivity index (χ3v) is 14.4. The van der Waals surface area contributed by atoms with E-state index in [4.69, 9.17) is 4.74 Å². The highest BCUT2D eigenvalue weighted by Crippen LogP contribution is 2.17. The lowest BCUT2D eigenvalue weighted by molar-refractivity contribution is -0.143. The van der Waals surface area contributed by atoms with Crippen LogP contribution >= 0.6 is 0 Å². The van der Waals surface area contributed by atoms with Crippen molar-refractivity contribution in [3.63, 3.8) is 0 Å². The molecule has 0 bridgehead atoms. The maximum absolute atomic E-state index is 12.5. The maximum Gasteiger partial charge on any atom is 0.305 e. The minimum absolute atomic E-state index is 0.0135. The molecule has 0 rings (SSSR count). The molecule has 70 heavy (non-hydrogen) atoms. The van der Waals surface area contributed by atoms with Gasteiger partial charge < -0.3 is 20.3 Å². The Morgan fingerprint density at radius 1 is 0.400 bits per heavy atom. The van der Waals surface area contributed by atoms with Crippen LogP contribution in [-0.2, 0) is 14.3 Å². The fourth-order valence-corrected chi connectivity index (χ4v) is 9.63. The molecule has 6 nitrogen and oxygen atoms in total. The summed E-state index contributed by atoms with van der Waals surface area (Å²) >= 11 is 0. The topological polar surface area (TPSA) is 95.9 Å². The van der Waals surface area contributed by atoms with Gasteiger partial charge in [0, 0.05) is 12.8 Å². The monoisotopic (exact) mass is 984 g/mol. The predicted molar refractivity (Wildman–Crippen MR) is 306 cm³/mol. The van der Waals surface area contributed by atoms with Gasteiger partial charge in [0.05, 0.1) is 25.4 Å². The number of hydrogen-bond donors (Lipinski definition) is 3. The van der Waals surface area contributed by atoms with Gasteiger partial charge in [-0.15, -0.1) is 0 Å². The van der Waals surface area contributed by atoms with Crippen molar-refractivity contribution < 1.29 is 24.5 Å². The Labute approximate surface area is 436 Å². The third kappa shape index (κ3) is 55.4. The van der Waals surface area contributed by atoms with Gasteiger partial charge in [0.25, 0.3) is 0 Å². The Morgan fingerprint density at radius 2 is 0.714 bits per heavy atom. The van der Waals surface area contributed by atoms with Gasteiger partial charge in [0.15, 0.2) is 0 Å². The highest BCUT2D eigenvalue weighted by Gasteiger charge is 2.20. The van der Waals surface area contributed by atoms with Crippen molar-refractivity contribution in [1.29, 1.82) is 0 Å². The van der Waals surface area contributed by atoms with E-state index in [0.717, 1.165) is 70.6 Å². The number of carbonyl (C=O) groups excluding carboxylic acids is 2. The second-order valence-electron chi connectivity index (χ2n) is 21.4. The number of aliphatic hydroxyl groups is 2. The predicted octanol–water partition coefficient (Wildman–Crippen LogP) is 19.6. The molecule has 0 saturated heterocycles. The number of hydrogen-bond acceptors (Lipinski definition) is 5. The first-order chi connectivity index (χ1) is 34.5. The Hall–Kier alpha value is -1.92. The first-order valence-corrected chi connectivity index (χ1v) is 31.3. The fourth-order valence-electron chi connectivity index (χ4n) is 9.63. The van der Waals surface area contributed by atoms with Crippen molar-refractivity contribution in [3.8, 4) is 0 Å². The lowest BCUT2D eigenvalue weighted by Crippen LogP contribution is -2.45. The van der Waals surface area contributed by atoms with Gasteiger partial charge in [0.2, 0.25) is 5.91 Å². The largest absolute Gasteiger partial charge is 0.466 e. The standard InChI is InChI=1S/C64H121NO5/c1-3-5-7-9-11-13-15-17-19-20-22-26-30-34-38-42-46-50-54-58-64(69)70-59-55-51-47-43-39-35-31-27-24-21-23-25-29-33-37-41-45-49-53-57-63(68)65-61(60-66)62(67)56-52-48-44-40-36-32-28-18-16-14-12-10-8-6-4-2/h17,19,27,31,35,39,61-62,66-67H,3-16,18,20-26,28-30,32-34,36-38,40-60H2,1-2H3,(H,65,68)/b19-17-,31-27-,39-35-. The molecular weight excluding hydrogens is 863 g/mol. The van der Waals surface area contributed by atoms with Crippen LogP contribution in [0.4, 0.5) is 0 Å². The summed E-state index contributed by atoms with van der Waals surface area (Å²) in [5.74, 6) is -0.0571. The van der Waals surface area contributed by atoms with Crippen LogP contribution in [0.2, 0.25) is 0 Å². The second kappa shape index (κ2) is 59.6. The summed E-state index contributed by atoms with van der Waals surface area (Å²) in [7, 11) is 0. The molecule has 1 amide bonds. The van der Waals surface area contributed by atoms with E-state index in [1.165, 1.54) is 231 Å². The summed E-state index contributed by atoms with van der Waals surface area (Å²) < 4.78 is 5.47. The number of rotatable bonds is 58. The van der Waals surface area contributed by atoms with Gasteiger partial charge in [-0.05, 0) is 83.5 Å². The van der Waals surface area contributed by atoms with E-state index in [9.17, 15) is 19.8 Å². The van der Waals surface area contributed by atoms with Crippen LogP contribution in [0, 0.1) is 0 Å². The number of ether oxygens (including phenoxy) is 1. The second-order valence-corrected chi connectivity index (χ2v) is 21.4. The molecule has 0 aromatic rings. The Kier molecular flexibility index (Phi) is 58.0. The summed E-state index contributed by atoms with van der Waals surface area (Å²) in [4.78, 5) is 24.6. The van der Waals surface area contributed by atoms with Crippen LogP contribution < -0.4 is 5.32 Å². The normalized spacial score (nSPS) is 12.8. The Bertz CT molecular complexity index is 1130. The summed E-state index contributed by atoms with van der Waals surface area (Å²) in [5.41, 5.74) is 0. The first-order valence-electron chi connectivity index (χ1n) is 31.3. The molecule has 0 radical (unpaired) electrons. The molecule has 0 spiro atoms. The number of carbonyl (C=O) groups is 2. The molecule has 0 heterocycles. The van der Waals surface area contributed by atoms with Crippen molar-refractivity contribution in [2.45, 2.75) is 347 Å². The lowest BCUT2D eigenvalue weighted by Gasteiger charge is -2.22. The molecule has 0 aliphatic carbocycles. The van der Waals surface area contributed by atoms with E-state index in [-0.39, 0.29) is 18.5 Å². The van der Waals surface area contributed by atoms with E-state index < -0.39 is 12.1 Å². The van der Waals surface area contributed by atoms with E-state index in [1.54, 1.807) is 0 Å². The molecule has 412 valence electrons. The highest BCUT2D eigenvalue weighted by atomic mass is 16.5. The highest BCUT2D eigenvalue weighted by molar-refractivity contribution is 5.76. The molecular formula is C64H121NO5. The van der Waals surface area contributed by atoms with Crippen LogP contribution in [0.25, 0.3) is 0 Å². The van der Waals surface area contributed by atoms with Crippen molar-refractivity contribution in [2.24, 2.45) is 0 Å². The molecule has 0 aliphatic rings. The van der Waals surface area contributed by atoms with E-state index in [0.29, 0.717) is 25.9 Å². The molecule has 0 aromatic heterocycles. The molecule has 3 N–H and O–H groups in total. The number of nitrogens with one attached hydrogen (secondary N) is 1. The van der Waals surface area contributed by atoms with Gasteiger partial charge in [-0.2, -0.15) is 0 Å². The van der Waals surface area contributed by atoms with Gasteiger partial charge >= 0.3 is 5.97 Å². The van der Waals surface area contributed by atoms with Crippen molar-refractivity contribution in [2.75, 3.05) is 13.2 Å². The fraction of sp³-hybridized carbons (Fsp3) is 0.875. The van der Waals surface area contributed by atoms with Gasteiger partial charge in [-0.3, -0.25) is 9.59 Å². The quantitative estimate of drug-likeness (QED) is 0.0244. The number of amides is 1. The van der Waals surface area contributed by atoms with Crippen molar-refractivity contribution in [1.82, 2.24) is 5.32 Å². The average molecular weight is 985 g/mol. The SMILES string of the molecule is CCCCCCCC/C=C\CCCCCCCCCCCC(=O)OCCCCC/C=C\C=C/CCCCCCCCCCCCC(=O)NC(CO)C(O)CCCCCCCCCCCCCCCCC. The summed E-state index contributed by atoms with van der Waals surface area (Å²) in [6.07, 6.45) is 74.4. The number of unbranched alkanes of at least 4 members (excludes halogenated alkanes) is 42. The van der Waals surface area contributed by atoms with E-state index in [1.807, 2.05) is 0 Å². The minimum atomic E-state index is -0.671. The lowest BCUT2D eigenvalue weighted by atomic mass is 10.0. The zero-order chi connectivity index (χ0) is 50.7. The van der Waals surface area contributed by atoms with Crippen LogP contribution in [0.1, 0.15) is 335 Å². The molecule has 0 saturated carbocycles. The van der Waals surface area contributed by atoms with Gasteiger partial charge in [0.1, 0.15) is 0 Å². The van der Waals surface area contributed by atoms with Crippen LogP contribution in [0.3, 0.4) is 0 Å². The zero-order valence-corrected chi connectivity index (χ0v) is 47.0. The van der Waals surface area contributed by atoms with Crippen molar-refractivity contribution in [3.05, 3.63) is 36.5 Å². The molecule has 6 heteroatoms. The number of aliphatic hydroxyl groups excluding tert-OH is 2. The average Bonchev–Trinajstić information content (AvgIpc) is 3.36. The van der Waals surface area contributed by atoms with E-state index >= 15 is 0 Å². The molecule has 2 unspecified atom stereocenters. The smallest absolute Gasteiger partial charge is 0.305 e.